The second-order valence-electron chi connectivity index (χ2n) is 2.43. The first-order valence-electron chi connectivity index (χ1n) is 3.14. The Morgan fingerprint density at radius 3 is 2.90 bits per heavy atom. The van der Waals surface area contributed by atoms with E-state index in [-0.39, 0.29) is 11.7 Å². The van der Waals surface area contributed by atoms with Crippen LogP contribution >= 0.6 is 0 Å². The van der Waals surface area contributed by atoms with Gasteiger partial charge in [-0.1, -0.05) is 5.16 Å². The van der Waals surface area contributed by atoms with Gasteiger partial charge in [0.25, 0.3) is 0 Å². The molecule has 0 atom stereocenters. The first kappa shape index (κ1) is 5.58. The van der Waals surface area contributed by atoms with Gasteiger partial charge in [0.1, 0.15) is 5.78 Å². The highest BCUT2D eigenvalue weighted by molar-refractivity contribution is 5.86. The second kappa shape index (κ2) is 1.90. The Morgan fingerprint density at radius 1 is 1.60 bits per heavy atom. The Bertz CT molecular complexity index is 234. The van der Waals surface area contributed by atoms with Crippen LogP contribution in [0.25, 0.3) is 0 Å². The molecule has 1 fully saturated rings. The lowest BCUT2D eigenvalue weighted by Crippen LogP contribution is -2.21. The van der Waals surface area contributed by atoms with Gasteiger partial charge in [0.15, 0.2) is 5.82 Å². The predicted octanol–water partition coefficient (Wildman–Crippen LogP) is 0.516. The largest absolute Gasteiger partial charge is 0.343 e. The van der Waals surface area contributed by atoms with Gasteiger partial charge in [-0.2, -0.15) is 4.98 Å². The van der Waals surface area contributed by atoms with Crippen LogP contribution in [0.3, 0.4) is 0 Å². The van der Waals surface area contributed by atoms with Crippen molar-refractivity contribution in [2.75, 3.05) is 0 Å². The molecule has 1 aromatic heterocycles. The quantitative estimate of drug-likeness (QED) is 0.567. The van der Waals surface area contributed by atoms with Crippen LogP contribution in [0.4, 0.5) is 0 Å². The number of Topliss-reactive ketones (excluding diaryl/α,β-unsaturated/α-hetero) is 1. The fourth-order valence-corrected chi connectivity index (χ4v) is 1.03. The van der Waals surface area contributed by atoms with Crippen LogP contribution in [0.1, 0.15) is 24.6 Å². The third-order valence-electron chi connectivity index (χ3n) is 1.69. The fourth-order valence-electron chi connectivity index (χ4n) is 1.03. The fraction of sp³-hybridized carbons (Fsp3) is 0.500. The van der Waals surface area contributed by atoms with Gasteiger partial charge in [-0.3, -0.25) is 4.79 Å². The zero-order valence-electron chi connectivity index (χ0n) is 5.28. The number of carbonyl (C=O) groups is 1. The molecular weight excluding hydrogens is 132 g/mol. The van der Waals surface area contributed by atoms with Crippen molar-refractivity contribution in [3.05, 3.63) is 12.2 Å². The van der Waals surface area contributed by atoms with Crippen LogP contribution in [0.5, 0.6) is 0 Å². The van der Waals surface area contributed by atoms with E-state index in [1.807, 2.05) is 0 Å². The topological polar surface area (TPSA) is 56.0 Å². The highest BCUT2D eigenvalue weighted by Gasteiger charge is 2.30. The lowest BCUT2D eigenvalue weighted by molar-refractivity contribution is -0.124. The van der Waals surface area contributed by atoms with E-state index < -0.39 is 0 Å². The van der Waals surface area contributed by atoms with E-state index in [1.165, 1.54) is 6.39 Å². The highest BCUT2D eigenvalue weighted by Crippen LogP contribution is 2.30. The Morgan fingerprint density at radius 2 is 2.40 bits per heavy atom. The summed E-state index contributed by atoms with van der Waals surface area (Å²) in [7, 11) is 0. The van der Waals surface area contributed by atoms with Crippen LogP contribution in [-0.4, -0.2) is 15.9 Å². The molecule has 52 valence electrons. The van der Waals surface area contributed by atoms with E-state index in [0.29, 0.717) is 18.7 Å². The van der Waals surface area contributed by atoms with Crippen LogP contribution < -0.4 is 0 Å². The summed E-state index contributed by atoms with van der Waals surface area (Å²) in [4.78, 5) is 14.4. The average molecular weight is 138 g/mol. The molecule has 1 saturated carbocycles. The van der Waals surface area contributed by atoms with Crippen molar-refractivity contribution in [1.82, 2.24) is 10.1 Å². The number of rotatable bonds is 1. The van der Waals surface area contributed by atoms with Gasteiger partial charge in [0.05, 0.1) is 0 Å². The van der Waals surface area contributed by atoms with Gasteiger partial charge in [-0.25, -0.2) is 0 Å². The average Bonchev–Trinajstić information content (AvgIpc) is 2.31. The third-order valence-corrected chi connectivity index (χ3v) is 1.69. The normalized spacial score (nSPS) is 19.0. The van der Waals surface area contributed by atoms with E-state index >= 15 is 0 Å². The van der Waals surface area contributed by atoms with E-state index in [2.05, 4.69) is 14.7 Å². The summed E-state index contributed by atoms with van der Waals surface area (Å²) in [6.45, 7) is 0. The van der Waals surface area contributed by atoms with Crippen molar-refractivity contribution >= 4 is 5.78 Å². The Hall–Kier alpha value is -1.19. The molecule has 0 bridgehead atoms. The minimum absolute atomic E-state index is 0.228. The van der Waals surface area contributed by atoms with Gasteiger partial charge < -0.3 is 4.52 Å². The molecule has 4 nitrogen and oxygen atoms in total. The van der Waals surface area contributed by atoms with Crippen molar-refractivity contribution in [1.29, 1.82) is 0 Å². The van der Waals surface area contributed by atoms with Gasteiger partial charge in [0.2, 0.25) is 6.39 Å². The van der Waals surface area contributed by atoms with Gasteiger partial charge in [-0.15, -0.1) is 0 Å². The molecule has 2 rings (SSSR count). The summed E-state index contributed by atoms with van der Waals surface area (Å²) >= 11 is 0. The van der Waals surface area contributed by atoms with E-state index in [4.69, 9.17) is 0 Å². The van der Waals surface area contributed by atoms with Crippen molar-refractivity contribution in [3.8, 4) is 0 Å². The van der Waals surface area contributed by atoms with Crippen LogP contribution in [0.2, 0.25) is 0 Å². The third kappa shape index (κ3) is 0.725. The number of hydrogen-bond donors (Lipinski definition) is 0. The van der Waals surface area contributed by atoms with Gasteiger partial charge in [-0.05, 0) is 0 Å². The molecule has 10 heavy (non-hydrogen) atoms. The maximum absolute atomic E-state index is 10.5. The molecule has 4 heteroatoms. The number of carbonyl (C=O) groups excluding carboxylic acids is 1. The molecular formula is C6H6N2O2. The predicted molar refractivity (Wildman–Crippen MR) is 31.3 cm³/mol. The standard InChI is InChI=1S/C6H6N2O2/c9-5-1-4(2-5)6-7-3-10-8-6/h3-4H,1-2H2. The zero-order chi connectivity index (χ0) is 6.97. The molecule has 1 aliphatic carbocycles. The lowest BCUT2D eigenvalue weighted by atomic mass is 9.83. The Kier molecular flexibility index (Phi) is 1.06. The first-order valence-corrected chi connectivity index (χ1v) is 3.14. The molecule has 0 unspecified atom stereocenters. The summed E-state index contributed by atoms with van der Waals surface area (Å²) in [5, 5.41) is 3.63. The molecule has 0 radical (unpaired) electrons. The number of nitrogens with zero attached hydrogens (tertiary/aromatic N) is 2. The number of aromatic nitrogens is 2. The van der Waals surface area contributed by atoms with Gasteiger partial charge >= 0.3 is 0 Å². The number of ketones is 1. The Balaban J connectivity index is 2.10. The Labute approximate surface area is 57.2 Å². The summed E-state index contributed by atoms with van der Waals surface area (Å²) in [5.41, 5.74) is 0. The molecule has 0 aliphatic heterocycles. The van der Waals surface area contributed by atoms with Crippen molar-refractivity contribution in [2.24, 2.45) is 0 Å². The molecule has 1 aromatic rings. The minimum Gasteiger partial charge on any atom is -0.343 e. The maximum Gasteiger partial charge on any atom is 0.213 e. The van der Waals surface area contributed by atoms with Gasteiger partial charge in [0, 0.05) is 18.8 Å². The monoisotopic (exact) mass is 138 g/mol. The minimum atomic E-state index is 0.228. The second-order valence-corrected chi connectivity index (χ2v) is 2.43. The highest BCUT2D eigenvalue weighted by atomic mass is 16.5. The molecule has 0 aromatic carbocycles. The maximum atomic E-state index is 10.5. The summed E-state index contributed by atoms with van der Waals surface area (Å²) in [6, 6.07) is 0. The molecule has 1 aliphatic rings. The summed E-state index contributed by atoms with van der Waals surface area (Å²) in [5.74, 6) is 1.18. The molecule has 0 spiro atoms. The van der Waals surface area contributed by atoms with Crippen LogP contribution in [0.15, 0.2) is 10.9 Å². The SMILES string of the molecule is O=C1CC(c2ncon2)C1. The molecule has 0 saturated heterocycles. The van der Waals surface area contributed by atoms with Crippen LogP contribution in [-0.2, 0) is 4.79 Å². The lowest BCUT2D eigenvalue weighted by Gasteiger charge is -2.19. The van der Waals surface area contributed by atoms with E-state index in [1.54, 1.807) is 0 Å². The van der Waals surface area contributed by atoms with E-state index in [9.17, 15) is 4.79 Å². The van der Waals surface area contributed by atoms with Crippen molar-refractivity contribution in [3.63, 3.8) is 0 Å². The molecule has 0 N–H and O–H groups in total. The smallest absolute Gasteiger partial charge is 0.213 e. The van der Waals surface area contributed by atoms with E-state index in [0.717, 1.165) is 0 Å². The van der Waals surface area contributed by atoms with Crippen molar-refractivity contribution in [2.45, 2.75) is 18.8 Å². The number of hydrogen-bond acceptors (Lipinski definition) is 4. The zero-order valence-corrected chi connectivity index (χ0v) is 5.28. The molecule has 1 heterocycles. The van der Waals surface area contributed by atoms with Crippen LogP contribution in [0, 0.1) is 0 Å². The summed E-state index contributed by atoms with van der Waals surface area (Å²) < 4.78 is 4.53. The van der Waals surface area contributed by atoms with Crippen molar-refractivity contribution < 1.29 is 9.32 Å². The molecule has 0 amide bonds. The first-order chi connectivity index (χ1) is 4.86. The summed E-state index contributed by atoms with van der Waals surface area (Å²) in [6.07, 6.45) is 2.46.